The van der Waals surface area contributed by atoms with Crippen LogP contribution in [-0.4, -0.2) is 50.6 Å². The number of amides is 2. The molecule has 1 heterocycles. The van der Waals surface area contributed by atoms with Gasteiger partial charge in [0.1, 0.15) is 17.8 Å². The highest BCUT2D eigenvalue weighted by Crippen LogP contribution is 2.29. The van der Waals surface area contributed by atoms with Crippen LogP contribution in [0.1, 0.15) is 12.5 Å². The number of ether oxygens (including phenoxy) is 1. The highest BCUT2D eigenvalue weighted by molar-refractivity contribution is 5.90. The molecule has 1 aliphatic heterocycles. The number of hydrogen-bond acceptors (Lipinski definition) is 6. The Labute approximate surface area is 190 Å². The first-order chi connectivity index (χ1) is 15.9. The minimum atomic E-state index is -0.571. The van der Waals surface area contributed by atoms with Crippen molar-refractivity contribution < 1.29 is 18.7 Å². The normalized spacial score (nSPS) is 16.3. The molecule has 2 aromatic rings. The zero-order valence-corrected chi connectivity index (χ0v) is 18.4. The Hall–Kier alpha value is -3.86. The molecule has 4 N–H and O–H groups in total. The van der Waals surface area contributed by atoms with E-state index in [2.05, 4.69) is 26.1 Å². The zero-order chi connectivity index (χ0) is 23.8. The third-order valence-electron chi connectivity index (χ3n) is 4.88. The van der Waals surface area contributed by atoms with Gasteiger partial charge in [0.05, 0.1) is 32.4 Å². The SMILES string of the molecule is CN=N/N=C(\N)CNCc1ccc(-c2ccc(N3CC(CNC(C)=O)OC3=O)cc2F)cc1. The van der Waals surface area contributed by atoms with Gasteiger partial charge in [0.15, 0.2) is 0 Å². The number of nitrogens with one attached hydrogen (secondary N) is 2. The number of carbonyl (C=O) groups is 2. The Balaban J connectivity index is 1.62. The Bertz CT molecular complexity index is 1060. The molecule has 0 spiro atoms. The Kier molecular flexibility index (Phi) is 8.03. The van der Waals surface area contributed by atoms with Gasteiger partial charge in [-0.3, -0.25) is 9.69 Å². The van der Waals surface area contributed by atoms with Gasteiger partial charge in [-0.15, -0.1) is 5.10 Å². The lowest BCUT2D eigenvalue weighted by molar-refractivity contribution is -0.119. The fourth-order valence-electron chi connectivity index (χ4n) is 3.28. The van der Waals surface area contributed by atoms with Gasteiger partial charge in [-0.05, 0) is 34.5 Å². The molecule has 3 rings (SSSR count). The summed E-state index contributed by atoms with van der Waals surface area (Å²) in [4.78, 5) is 24.6. The molecule has 0 radical (unpaired) electrons. The van der Waals surface area contributed by atoms with E-state index < -0.39 is 18.0 Å². The van der Waals surface area contributed by atoms with Crippen molar-refractivity contribution in [1.82, 2.24) is 10.6 Å². The number of rotatable bonds is 9. The summed E-state index contributed by atoms with van der Waals surface area (Å²) in [6.45, 7) is 2.75. The summed E-state index contributed by atoms with van der Waals surface area (Å²) in [5, 5.41) is 16.4. The first kappa shape index (κ1) is 23.8. The third-order valence-corrected chi connectivity index (χ3v) is 4.88. The van der Waals surface area contributed by atoms with E-state index in [1.54, 1.807) is 12.1 Å². The lowest BCUT2D eigenvalue weighted by Gasteiger charge is -2.15. The van der Waals surface area contributed by atoms with Crippen LogP contribution in [0.5, 0.6) is 0 Å². The van der Waals surface area contributed by atoms with Crippen LogP contribution >= 0.6 is 0 Å². The van der Waals surface area contributed by atoms with E-state index in [4.69, 9.17) is 10.5 Å². The predicted octanol–water partition coefficient (Wildman–Crippen LogP) is 2.40. The van der Waals surface area contributed by atoms with E-state index in [-0.39, 0.29) is 19.0 Å². The van der Waals surface area contributed by atoms with Crippen molar-refractivity contribution in [3.05, 3.63) is 53.8 Å². The number of anilines is 1. The number of nitrogens with two attached hydrogens (primary N) is 1. The second kappa shape index (κ2) is 11.1. The number of nitrogens with zero attached hydrogens (tertiary/aromatic N) is 4. The van der Waals surface area contributed by atoms with Crippen LogP contribution in [0, 0.1) is 5.82 Å². The molecule has 0 aliphatic carbocycles. The lowest BCUT2D eigenvalue weighted by Crippen LogP contribution is -2.33. The molecule has 0 aromatic heterocycles. The van der Waals surface area contributed by atoms with Gasteiger partial charge >= 0.3 is 6.09 Å². The molecule has 1 unspecified atom stereocenters. The van der Waals surface area contributed by atoms with Crippen LogP contribution in [0.2, 0.25) is 0 Å². The van der Waals surface area contributed by atoms with Crippen LogP contribution in [0.3, 0.4) is 0 Å². The van der Waals surface area contributed by atoms with E-state index in [1.165, 1.54) is 24.9 Å². The topological polar surface area (TPSA) is 134 Å². The average Bonchev–Trinajstić information content (AvgIpc) is 3.17. The molecule has 10 nitrogen and oxygen atoms in total. The minimum Gasteiger partial charge on any atom is -0.442 e. The van der Waals surface area contributed by atoms with Crippen LogP contribution in [-0.2, 0) is 16.1 Å². The Morgan fingerprint density at radius 1 is 1.27 bits per heavy atom. The zero-order valence-electron chi connectivity index (χ0n) is 18.4. The quantitative estimate of drug-likeness (QED) is 0.231. The standard InChI is InChI=1S/C22H26FN7O3/c1-14(31)27-11-18-13-30(22(32)33-18)17-7-8-19(20(23)9-17)16-5-3-15(4-6-16)10-26-12-21(24)28-29-25-2/h3-9,18,26H,10-13H2,1-2H3,(H,27,31)(H2,24,25,28). The van der Waals surface area contributed by atoms with Crippen molar-refractivity contribution >= 4 is 23.5 Å². The molecule has 1 atom stereocenters. The smallest absolute Gasteiger partial charge is 0.414 e. The predicted molar refractivity (Wildman–Crippen MR) is 122 cm³/mol. The van der Waals surface area contributed by atoms with E-state index in [1.807, 2.05) is 24.3 Å². The Morgan fingerprint density at radius 3 is 2.70 bits per heavy atom. The summed E-state index contributed by atoms with van der Waals surface area (Å²) in [5.41, 5.74) is 8.20. The molecule has 2 aromatic carbocycles. The first-order valence-corrected chi connectivity index (χ1v) is 10.3. The lowest BCUT2D eigenvalue weighted by atomic mass is 10.0. The number of carbonyl (C=O) groups excluding carboxylic acids is 2. The van der Waals surface area contributed by atoms with Gasteiger partial charge in [0, 0.05) is 19.0 Å². The molecule has 11 heteroatoms. The molecule has 174 valence electrons. The number of hydrogen-bond donors (Lipinski definition) is 3. The summed E-state index contributed by atoms with van der Waals surface area (Å²) in [5.74, 6) is -0.341. The largest absolute Gasteiger partial charge is 0.442 e. The van der Waals surface area contributed by atoms with Gasteiger partial charge in [-0.2, -0.15) is 5.11 Å². The average molecular weight is 455 g/mol. The third kappa shape index (κ3) is 6.56. The van der Waals surface area contributed by atoms with E-state index in [0.29, 0.717) is 35.7 Å². The summed E-state index contributed by atoms with van der Waals surface area (Å²) < 4.78 is 20.1. The molecule has 0 bridgehead atoms. The maximum atomic E-state index is 14.9. The minimum absolute atomic E-state index is 0.209. The number of halogens is 1. The second-order valence-corrected chi connectivity index (χ2v) is 7.40. The van der Waals surface area contributed by atoms with E-state index >= 15 is 0 Å². The molecule has 2 amide bonds. The maximum absolute atomic E-state index is 14.9. The van der Waals surface area contributed by atoms with Gasteiger partial charge in [0.2, 0.25) is 5.91 Å². The molecular weight excluding hydrogens is 429 g/mol. The van der Waals surface area contributed by atoms with E-state index in [9.17, 15) is 14.0 Å². The van der Waals surface area contributed by atoms with Crippen LogP contribution < -0.4 is 21.3 Å². The van der Waals surface area contributed by atoms with Crippen LogP contribution in [0.4, 0.5) is 14.9 Å². The Morgan fingerprint density at radius 2 is 2.03 bits per heavy atom. The summed E-state index contributed by atoms with van der Waals surface area (Å²) in [7, 11) is 1.51. The summed E-state index contributed by atoms with van der Waals surface area (Å²) >= 11 is 0. The van der Waals surface area contributed by atoms with E-state index in [0.717, 1.165) is 5.56 Å². The molecule has 1 fully saturated rings. The van der Waals surface area contributed by atoms with Gasteiger partial charge < -0.3 is 21.1 Å². The van der Waals surface area contributed by atoms with Crippen molar-refractivity contribution in [2.75, 3.05) is 31.6 Å². The monoisotopic (exact) mass is 455 g/mol. The fourth-order valence-corrected chi connectivity index (χ4v) is 3.28. The van der Waals surface area contributed by atoms with Crippen molar-refractivity contribution in [3.63, 3.8) is 0 Å². The number of cyclic esters (lactones) is 1. The molecule has 0 saturated carbocycles. The molecule has 1 saturated heterocycles. The van der Waals surface area contributed by atoms with Crippen molar-refractivity contribution in [2.24, 2.45) is 21.2 Å². The van der Waals surface area contributed by atoms with Gasteiger partial charge in [-0.1, -0.05) is 24.3 Å². The van der Waals surface area contributed by atoms with Gasteiger partial charge in [0.25, 0.3) is 0 Å². The van der Waals surface area contributed by atoms with Crippen molar-refractivity contribution in [1.29, 1.82) is 0 Å². The van der Waals surface area contributed by atoms with Crippen molar-refractivity contribution in [2.45, 2.75) is 19.6 Å². The maximum Gasteiger partial charge on any atom is 0.414 e. The van der Waals surface area contributed by atoms with Gasteiger partial charge in [-0.25, -0.2) is 9.18 Å². The fraction of sp³-hybridized carbons (Fsp3) is 0.318. The summed E-state index contributed by atoms with van der Waals surface area (Å²) in [6.07, 6.45) is -1.05. The highest BCUT2D eigenvalue weighted by atomic mass is 19.1. The first-order valence-electron chi connectivity index (χ1n) is 10.3. The van der Waals surface area contributed by atoms with Crippen molar-refractivity contribution in [3.8, 4) is 11.1 Å². The molecular formula is C22H26FN7O3. The highest BCUT2D eigenvalue weighted by Gasteiger charge is 2.32. The number of amidine groups is 1. The summed E-state index contributed by atoms with van der Waals surface area (Å²) in [6, 6.07) is 12.0. The number of benzene rings is 2. The molecule has 1 aliphatic rings. The molecule has 33 heavy (non-hydrogen) atoms. The second-order valence-electron chi connectivity index (χ2n) is 7.40. The van der Waals surface area contributed by atoms with Crippen LogP contribution in [0.25, 0.3) is 11.1 Å². The van der Waals surface area contributed by atoms with Crippen LogP contribution in [0.15, 0.2) is 57.9 Å².